The molecule has 0 fully saturated rings. The predicted octanol–water partition coefficient (Wildman–Crippen LogP) is 3.17. The maximum atomic E-state index is 10.2. The summed E-state index contributed by atoms with van der Waals surface area (Å²) in [7, 11) is 0. The molecule has 1 aromatic carbocycles. The lowest BCUT2D eigenvalue weighted by Crippen LogP contribution is -1.99. The number of nitrogens with two attached hydrogens (primary N) is 1. The molecule has 24 heavy (non-hydrogen) atoms. The second-order valence-electron chi connectivity index (χ2n) is 5.20. The predicted molar refractivity (Wildman–Crippen MR) is 93.1 cm³/mol. The van der Waals surface area contributed by atoms with Crippen molar-refractivity contribution >= 4 is 22.6 Å². The Bertz CT molecular complexity index is 879. The number of hydrogen-bond acceptors (Lipinski definition) is 5. The number of aromatic nitrogens is 2. The SMILES string of the molecule is CCc1nc2ccccc2c(N)c1C.O=C(O)c1cncc(O)c1. The first-order valence-electron chi connectivity index (χ1n) is 7.45. The summed E-state index contributed by atoms with van der Waals surface area (Å²) in [5.74, 6) is -1.23. The van der Waals surface area contributed by atoms with E-state index < -0.39 is 5.97 Å². The van der Waals surface area contributed by atoms with E-state index in [-0.39, 0.29) is 11.3 Å². The highest BCUT2D eigenvalue weighted by molar-refractivity contribution is 5.92. The first kappa shape index (κ1) is 17.2. The number of aromatic hydroxyl groups is 1. The normalized spacial score (nSPS) is 10.1. The van der Waals surface area contributed by atoms with E-state index in [4.69, 9.17) is 15.9 Å². The number of carboxylic acid groups (broad SMARTS) is 1. The van der Waals surface area contributed by atoms with Gasteiger partial charge in [0.1, 0.15) is 5.75 Å². The van der Waals surface area contributed by atoms with E-state index in [9.17, 15) is 4.79 Å². The molecule has 0 saturated carbocycles. The third kappa shape index (κ3) is 3.78. The molecule has 3 aromatic rings. The zero-order valence-electron chi connectivity index (χ0n) is 13.5. The van der Waals surface area contributed by atoms with Crippen LogP contribution in [-0.4, -0.2) is 26.2 Å². The number of carboxylic acids is 1. The van der Waals surface area contributed by atoms with Crippen LogP contribution in [0.3, 0.4) is 0 Å². The lowest BCUT2D eigenvalue weighted by molar-refractivity contribution is 0.0696. The number of nitrogen functional groups attached to an aromatic ring is 1. The Hall–Kier alpha value is -3.15. The quantitative estimate of drug-likeness (QED) is 0.667. The molecule has 0 spiro atoms. The number of aryl methyl sites for hydroxylation is 1. The van der Waals surface area contributed by atoms with Gasteiger partial charge in [0.15, 0.2) is 0 Å². The summed E-state index contributed by atoms with van der Waals surface area (Å²) >= 11 is 0. The van der Waals surface area contributed by atoms with Crippen molar-refractivity contribution in [2.45, 2.75) is 20.3 Å². The molecule has 0 atom stereocenters. The first-order valence-corrected chi connectivity index (χ1v) is 7.45. The van der Waals surface area contributed by atoms with Gasteiger partial charge in [0, 0.05) is 23.0 Å². The summed E-state index contributed by atoms with van der Waals surface area (Å²) in [5, 5.41) is 18.2. The average molecular weight is 325 g/mol. The van der Waals surface area contributed by atoms with Crippen molar-refractivity contribution in [3.8, 4) is 5.75 Å². The Morgan fingerprint density at radius 2 is 1.96 bits per heavy atom. The van der Waals surface area contributed by atoms with Gasteiger partial charge in [-0.3, -0.25) is 9.97 Å². The average Bonchev–Trinajstić information content (AvgIpc) is 2.58. The highest BCUT2D eigenvalue weighted by Crippen LogP contribution is 2.24. The molecule has 0 bridgehead atoms. The van der Waals surface area contributed by atoms with Gasteiger partial charge in [-0.15, -0.1) is 0 Å². The Morgan fingerprint density at radius 3 is 2.54 bits per heavy atom. The largest absolute Gasteiger partial charge is 0.506 e. The smallest absolute Gasteiger partial charge is 0.337 e. The number of pyridine rings is 2. The number of benzene rings is 1. The van der Waals surface area contributed by atoms with Gasteiger partial charge in [-0.1, -0.05) is 25.1 Å². The Balaban J connectivity index is 0.000000185. The van der Waals surface area contributed by atoms with Gasteiger partial charge < -0.3 is 15.9 Å². The van der Waals surface area contributed by atoms with Crippen molar-refractivity contribution < 1.29 is 15.0 Å². The van der Waals surface area contributed by atoms with Crippen LogP contribution in [0, 0.1) is 6.92 Å². The summed E-state index contributed by atoms with van der Waals surface area (Å²) in [4.78, 5) is 18.3. The van der Waals surface area contributed by atoms with Gasteiger partial charge in [-0.25, -0.2) is 4.79 Å². The van der Waals surface area contributed by atoms with Crippen molar-refractivity contribution in [1.29, 1.82) is 0 Å². The summed E-state index contributed by atoms with van der Waals surface area (Å²) in [5.41, 5.74) is 10.1. The lowest BCUT2D eigenvalue weighted by atomic mass is 10.1. The first-order chi connectivity index (χ1) is 11.4. The monoisotopic (exact) mass is 325 g/mol. The van der Waals surface area contributed by atoms with Crippen molar-refractivity contribution in [3.63, 3.8) is 0 Å². The zero-order valence-corrected chi connectivity index (χ0v) is 13.5. The molecule has 0 unspecified atom stereocenters. The fourth-order valence-corrected chi connectivity index (χ4v) is 2.27. The molecule has 3 rings (SSSR count). The van der Waals surface area contributed by atoms with E-state index in [1.54, 1.807) is 0 Å². The minimum absolute atomic E-state index is 0.0139. The summed E-state index contributed by atoms with van der Waals surface area (Å²) in [6.45, 7) is 4.14. The fourth-order valence-electron chi connectivity index (χ4n) is 2.27. The molecule has 4 N–H and O–H groups in total. The molecule has 0 amide bonds. The van der Waals surface area contributed by atoms with Crippen molar-refractivity contribution in [1.82, 2.24) is 9.97 Å². The molecule has 6 nitrogen and oxygen atoms in total. The van der Waals surface area contributed by atoms with Crippen LogP contribution >= 0.6 is 0 Å². The summed E-state index contributed by atoms with van der Waals surface area (Å²) in [6.07, 6.45) is 3.27. The number of rotatable bonds is 2. The number of aromatic carboxylic acids is 1. The molecule has 0 saturated heterocycles. The van der Waals surface area contributed by atoms with Crippen LogP contribution in [0.4, 0.5) is 5.69 Å². The van der Waals surface area contributed by atoms with Crippen LogP contribution in [0.15, 0.2) is 42.7 Å². The molecule has 0 aliphatic carbocycles. The number of fused-ring (bicyclic) bond motifs is 1. The number of carbonyl (C=O) groups is 1. The van der Waals surface area contributed by atoms with Gasteiger partial charge in [0.05, 0.1) is 17.3 Å². The molecule has 124 valence electrons. The lowest BCUT2D eigenvalue weighted by Gasteiger charge is -2.09. The molecule has 2 aromatic heterocycles. The van der Waals surface area contributed by atoms with Gasteiger partial charge in [-0.2, -0.15) is 0 Å². The number of para-hydroxylation sites is 1. The van der Waals surface area contributed by atoms with Gasteiger partial charge in [0.2, 0.25) is 0 Å². The van der Waals surface area contributed by atoms with Gasteiger partial charge in [0.25, 0.3) is 0 Å². The Kier molecular flexibility index (Phi) is 5.31. The van der Waals surface area contributed by atoms with Crippen LogP contribution in [0.2, 0.25) is 0 Å². The van der Waals surface area contributed by atoms with Crippen LogP contribution in [0.5, 0.6) is 5.75 Å². The van der Waals surface area contributed by atoms with E-state index >= 15 is 0 Å². The summed E-state index contributed by atoms with van der Waals surface area (Å²) in [6, 6.07) is 9.14. The standard InChI is InChI=1S/C12H14N2.C6H5NO3/c1-3-10-8(2)12(13)9-6-4-5-7-11(9)14-10;8-5-1-4(6(9)10)2-7-3-5/h4-7H,3H2,1-2H3,(H2,13,14);1-3,8H,(H,9,10). The van der Waals surface area contributed by atoms with E-state index in [2.05, 4.69) is 16.9 Å². The molecule has 0 aliphatic rings. The molecule has 0 aliphatic heterocycles. The zero-order chi connectivity index (χ0) is 17.7. The van der Waals surface area contributed by atoms with E-state index in [1.807, 2.05) is 31.2 Å². The maximum absolute atomic E-state index is 10.2. The fraction of sp³-hybridized carbons (Fsp3) is 0.167. The van der Waals surface area contributed by atoms with Crippen molar-refractivity contribution in [3.05, 3.63) is 59.5 Å². The molecule has 0 radical (unpaired) electrons. The highest BCUT2D eigenvalue weighted by Gasteiger charge is 2.06. The molecular formula is C18H19N3O3. The van der Waals surface area contributed by atoms with Crippen LogP contribution in [0.25, 0.3) is 10.9 Å². The van der Waals surface area contributed by atoms with Crippen molar-refractivity contribution in [2.75, 3.05) is 5.73 Å². The minimum Gasteiger partial charge on any atom is -0.506 e. The number of nitrogens with zero attached hydrogens (tertiary/aromatic N) is 2. The van der Waals surface area contributed by atoms with E-state index in [0.717, 1.165) is 40.3 Å². The molecule has 6 heteroatoms. The number of anilines is 1. The summed E-state index contributed by atoms with van der Waals surface area (Å²) < 4.78 is 0. The van der Waals surface area contributed by atoms with E-state index in [0.29, 0.717) is 0 Å². The molecular weight excluding hydrogens is 306 g/mol. The van der Waals surface area contributed by atoms with E-state index in [1.165, 1.54) is 12.4 Å². The third-order valence-electron chi connectivity index (χ3n) is 3.59. The number of hydrogen-bond donors (Lipinski definition) is 3. The van der Waals surface area contributed by atoms with Gasteiger partial charge in [-0.05, 0) is 31.0 Å². The maximum Gasteiger partial charge on any atom is 0.337 e. The van der Waals surface area contributed by atoms with Crippen LogP contribution < -0.4 is 5.73 Å². The van der Waals surface area contributed by atoms with Gasteiger partial charge >= 0.3 is 5.97 Å². The second-order valence-corrected chi connectivity index (χ2v) is 5.20. The highest BCUT2D eigenvalue weighted by atomic mass is 16.4. The van der Waals surface area contributed by atoms with Crippen LogP contribution in [0.1, 0.15) is 28.5 Å². The minimum atomic E-state index is -1.09. The van der Waals surface area contributed by atoms with Crippen LogP contribution in [-0.2, 0) is 6.42 Å². The Labute approximate surface area is 139 Å². The topological polar surface area (TPSA) is 109 Å². The molecule has 2 heterocycles. The van der Waals surface area contributed by atoms with Crippen molar-refractivity contribution in [2.24, 2.45) is 0 Å². The second kappa shape index (κ2) is 7.41. The Morgan fingerprint density at radius 1 is 1.25 bits per heavy atom. The third-order valence-corrected chi connectivity index (χ3v) is 3.59.